The van der Waals surface area contributed by atoms with Crippen LogP contribution in [0.2, 0.25) is 0 Å². The molecule has 7 heteroatoms. The Balaban J connectivity index is 2.74. The van der Waals surface area contributed by atoms with Crippen LogP contribution in [-0.2, 0) is 14.4 Å². The minimum atomic E-state index is -1.40. The molecule has 0 bridgehead atoms. The van der Waals surface area contributed by atoms with Gasteiger partial charge in [-0.2, -0.15) is 0 Å². The number of rotatable bonds is 3. The molecule has 1 saturated heterocycles. The molecule has 0 aromatic carbocycles. The van der Waals surface area contributed by atoms with E-state index in [0.29, 0.717) is 0 Å². The van der Waals surface area contributed by atoms with E-state index in [2.05, 4.69) is 0 Å². The van der Waals surface area contributed by atoms with Gasteiger partial charge in [0.2, 0.25) is 11.4 Å². The summed E-state index contributed by atoms with van der Waals surface area (Å²) in [4.78, 5) is 33.8. The van der Waals surface area contributed by atoms with Crippen molar-refractivity contribution in [3.8, 4) is 0 Å². The monoisotopic (exact) mass is 251 g/mol. The highest BCUT2D eigenvalue weighted by molar-refractivity contribution is 8.14. The van der Waals surface area contributed by atoms with Gasteiger partial charge in [0.25, 0.3) is 0 Å². The zero-order chi connectivity index (χ0) is 11.7. The number of carbonyl (C=O) groups is 3. The van der Waals surface area contributed by atoms with E-state index < -0.39 is 16.8 Å². The smallest absolute Gasteiger partial charge is 0.342 e. The predicted molar refractivity (Wildman–Crippen MR) is 55.3 cm³/mol. The third-order valence-electron chi connectivity index (χ3n) is 2.08. The Bertz CT molecular complexity index is 322. The summed E-state index contributed by atoms with van der Waals surface area (Å²) in [5.41, 5.74) is -1.40. The molecule has 0 saturated carbocycles. The van der Waals surface area contributed by atoms with Crippen LogP contribution < -0.4 is 0 Å². The summed E-state index contributed by atoms with van der Waals surface area (Å²) in [7, 11) is 0. The summed E-state index contributed by atoms with van der Waals surface area (Å²) in [6.45, 7) is 3.01. The number of hydrogen-bond acceptors (Lipinski definition) is 4. The Labute approximate surface area is 95.8 Å². The van der Waals surface area contributed by atoms with Gasteiger partial charge in [-0.1, -0.05) is 30.3 Å². The first-order chi connectivity index (χ1) is 6.86. The number of aliphatic carboxylic acids is 1. The minimum Gasteiger partial charge on any atom is -0.479 e. The minimum absolute atomic E-state index is 0.168. The number of amides is 1. The van der Waals surface area contributed by atoms with Crippen molar-refractivity contribution in [2.75, 3.05) is 0 Å². The quantitative estimate of drug-likeness (QED) is 0.455. The summed E-state index contributed by atoms with van der Waals surface area (Å²) in [5.74, 6) is -1.98. The second kappa shape index (κ2) is 4.40. The van der Waals surface area contributed by atoms with E-state index in [4.69, 9.17) is 16.7 Å². The van der Waals surface area contributed by atoms with E-state index in [0.717, 1.165) is 16.7 Å². The molecular formula is C8H10ClNO4S. The van der Waals surface area contributed by atoms with Crippen LogP contribution in [0.15, 0.2) is 0 Å². The van der Waals surface area contributed by atoms with Crippen molar-refractivity contribution in [2.24, 2.45) is 5.92 Å². The van der Waals surface area contributed by atoms with Gasteiger partial charge < -0.3 is 10.0 Å². The van der Waals surface area contributed by atoms with E-state index in [1.165, 1.54) is 6.92 Å². The van der Waals surface area contributed by atoms with Crippen molar-refractivity contribution in [3.63, 3.8) is 0 Å². The molecule has 0 aromatic heterocycles. The van der Waals surface area contributed by atoms with Crippen LogP contribution in [0.25, 0.3) is 0 Å². The number of halogens is 1. The van der Waals surface area contributed by atoms with Gasteiger partial charge in [0.15, 0.2) is 5.12 Å². The molecule has 1 heterocycles. The molecule has 0 aliphatic carbocycles. The van der Waals surface area contributed by atoms with Gasteiger partial charge in [-0.25, -0.2) is 4.79 Å². The number of carboxylic acid groups (broad SMARTS) is 1. The van der Waals surface area contributed by atoms with E-state index in [1.807, 2.05) is 0 Å². The molecule has 1 aliphatic heterocycles. The number of hydrogen-bond donors (Lipinski definition) is 1. The van der Waals surface area contributed by atoms with Gasteiger partial charge in [-0.3, -0.25) is 9.59 Å². The molecule has 1 N–H and O–H groups in total. The lowest BCUT2D eigenvalue weighted by Crippen LogP contribution is -2.62. The van der Waals surface area contributed by atoms with Gasteiger partial charge in [0.05, 0.1) is 11.3 Å². The number of alkyl halides is 1. The number of nitrogens with zero attached hydrogens (tertiary/aromatic N) is 1. The Hall–Kier alpha value is -0.750. The SMILES string of the molecule is CC(=O)SC1C(C)C(=O)N1C(Cl)C(=O)O. The second-order valence-corrected chi connectivity index (χ2v) is 4.92. The lowest BCUT2D eigenvalue weighted by molar-refractivity contribution is -0.158. The first-order valence-electron chi connectivity index (χ1n) is 4.22. The van der Waals surface area contributed by atoms with Crippen molar-refractivity contribution >= 4 is 40.4 Å². The van der Waals surface area contributed by atoms with Crippen molar-refractivity contribution in [1.82, 2.24) is 4.90 Å². The maximum Gasteiger partial charge on any atom is 0.342 e. The fraction of sp³-hybridized carbons (Fsp3) is 0.625. The summed E-state index contributed by atoms with van der Waals surface area (Å²) < 4.78 is 0. The molecule has 0 spiro atoms. The molecule has 1 rings (SSSR count). The van der Waals surface area contributed by atoms with Gasteiger partial charge >= 0.3 is 5.97 Å². The summed E-state index contributed by atoms with van der Waals surface area (Å²) >= 11 is 6.46. The van der Waals surface area contributed by atoms with Crippen LogP contribution in [-0.4, -0.2) is 37.9 Å². The van der Waals surface area contributed by atoms with Crippen molar-refractivity contribution < 1.29 is 19.5 Å². The fourth-order valence-corrected chi connectivity index (χ4v) is 2.61. The van der Waals surface area contributed by atoms with Crippen LogP contribution in [0.5, 0.6) is 0 Å². The molecule has 3 atom stereocenters. The summed E-state index contributed by atoms with van der Waals surface area (Å²) in [5, 5.41) is 8.02. The third kappa shape index (κ3) is 2.26. The van der Waals surface area contributed by atoms with E-state index in [9.17, 15) is 14.4 Å². The van der Waals surface area contributed by atoms with E-state index in [1.54, 1.807) is 6.92 Å². The van der Waals surface area contributed by atoms with Crippen molar-refractivity contribution in [2.45, 2.75) is 24.7 Å². The number of β-lactam (4-membered cyclic amide) rings is 1. The van der Waals surface area contributed by atoms with Crippen LogP contribution in [0, 0.1) is 5.92 Å². The molecule has 15 heavy (non-hydrogen) atoms. The van der Waals surface area contributed by atoms with Gasteiger partial charge in [-0.15, -0.1) is 0 Å². The van der Waals surface area contributed by atoms with Crippen LogP contribution >= 0.6 is 23.4 Å². The molecule has 0 aromatic rings. The van der Waals surface area contributed by atoms with Crippen LogP contribution in [0.4, 0.5) is 0 Å². The number of carboxylic acids is 1. The highest BCUT2D eigenvalue weighted by Crippen LogP contribution is 2.37. The molecule has 1 fully saturated rings. The van der Waals surface area contributed by atoms with Crippen molar-refractivity contribution in [1.29, 1.82) is 0 Å². The highest BCUT2D eigenvalue weighted by atomic mass is 35.5. The molecule has 0 radical (unpaired) electrons. The van der Waals surface area contributed by atoms with Gasteiger partial charge in [0, 0.05) is 6.92 Å². The zero-order valence-corrected chi connectivity index (χ0v) is 9.71. The fourth-order valence-electron chi connectivity index (χ4n) is 1.33. The average Bonchev–Trinajstić information content (AvgIpc) is 2.15. The highest BCUT2D eigenvalue weighted by Gasteiger charge is 2.50. The van der Waals surface area contributed by atoms with Gasteiger partial charge in [0.1, 0.15) is 0 Å². The molecule has 5 nitrogen and oxygen atoms in total. The molecule has 3 unspecified atom stereocenters. The Kier molecular flexibility index (Phi) is 3.62. The maximum atomic E-state index is 11.4. The number of likely N-dealkylation sites (tertiary alicyclic amines) is 1. The Morgan fingerprint density at radius 2 is 2.13 bits per heavy atom. The molecular weight excluding hydrogens is 242 g/mol. The molecule has 84 valence electrons. The summed E-state index contributed by atoms with van der Waals surface area (Å²) in [6.07, 6.45) is 0. The Morgan fingerprint density at radius 3 is 2.53 bits per heavy atom. The van der Waals surface area contributed by atoms with Crippen LogP contribution in [0.1, 0.15) is 13.8 Å². The number of carbonyl (C=O) groups excluding carboxylic acids is 2. The Morgan fingerprint density at radius 1 is 1.60 bits per heavy atom. The average molecular weight is 252 g/mol. The predicted octanol–water partition coefficient (Wildman–Crippen LogP) is 0.720. The number of thioether (sulfide) groups is 1. The van der Waals surface area contributed by atoms with Crippen molar-refractivity contribution in [3.05, 3.63) is 0 Å². The van der Waals surface area contributed by atoms with E-state index in [-0.39, 0.29) is 16.9 Å². The standard InChI is InChI=1S/C8H10ClNO4S/c1-3-6(12)10(5(9)8(13)14)7(3)15-4(2)11/h3,5,7H,1-2H3,(H,13,14). The normalized spacial score (nSPS) is 27.1. The largest absolute Gasteiger partial charge is 0.479 e. The zero-order valence-electron chi connectivity index (χ0n) is 8.14. The first kappa shape index (κ1) is 12.3. The topological polar surface area (TPSA) is 74.7 Å². The van der Waals surface area contributed by atoms with Crippen LogP contribution in [0.3, 0.4) is 0 Å². The lowest BCUT2D eigenvalue weighted by atomic mass is 10.0. The third-order valence-corrected chi connectivity index (χ3v) is 3.69. The van der Waals surface area contributed by atoms with Gasteiger partial charge in [-0.05, 0) is 0 Å². The first-order valence-corrected chi connectivity index (χ1v) is 5.54. The molecule has 1 aliphatic rings. The maximum absolute atomic E-state index is 11.4. The summed E-state index contributed by atoms with van der Waals surface area (Å²) in [6, 6.07) is 0. The second-order valence-electron chi connectivity index (χ2n) is 3.21. The molecule has 1 amide bonds. The lowest BCUT2D eigenvalue weighted by Gasteiger charge is -2.45. The van der Waals surface area contributed by atoms with E-state index >= 15 is 0 Å².